The molecule has 1 aromatic carbocycles. The van der Waals surface area contributed by atoms with Crippen LogP contribution in [-0.4, -0.2) is 22.1 Å². The fourth-order valence-corrected chi connectivity index (χ4v) is 2.22. The summed E-state index contributed by atoms with van der Waals surface area (Å²) < 4.78 is 10.7. The van der Waals surface area contributed by atoms with Crippen molar-refractivity contribution in [3.63, 3.8) is 0 Å². The number of nitrogens with zero attached hydrogens (tertiary/aromatic N) is 3. The van der Waals surface area contributed by atoms with Crippen molar-refractivity contribution in [1.29, 1.82) is 0 Å². The lowest BCUT2D eigenvalue weighted by atomic mass is 10.1. The second kappa shape index (κ2) is 7.55. The van der Waals surface area contributed by atoms with Gasteiger partial charge in [-0.05, 0) is 55.2 Å². The molecule has 0 aliphatic carbocycles. The summed E-state index contributed by atoms with van der Waals surface area (Å²) in [6.07, 6.45) is 6.94. The Morgan fingerprint density at radius 3 is 2.12 bits per heavy atom. The summed E-state index contributed by atoms with van der Waals surface area (Å²) in [5.74, 6) is 1.50. The normalized spacial score (nSPS) is 10.4. The third-order valence-electron chi connectivity index (χ3n) is 3.59. The molecule has 0 radical (unpaired) electrons. The van der Waals surface area contributed by atoms with Crippen LogP contribution in [0.2, 0.25) is 0 Å². The van der Waals surface area contributed by atoms with Gasteiger partial charge in [-0.1, -0.05) is 12.1 Å². The van der Waals surface area contributed by atoms with Gasteiger partial charge in [0.05, 0.1) is 13.3 Å². The molecule has 0 fully saturated rings. The van der Waals surface area contributed by atoms with Gasteiger partial charge in [-0.2, -0.15) is 0 Å². The van der Waals surface area contributed by atoms with Gasteiger partial charge in [0.2, 0.25) is 0 Å². The highest BCUT2D eigenvalue weighted by Crippen LogP contribution is 2.17. The molecule has 0 N–H and O–H groups in total. The summed E-state index contributed by atoms with van der Waals surface area (Å²) in [6.45, 7) is 1.93. The third-order valence-corrected chi connectivity index (χ3v) is 3.59. The Bertz CT molecular complexity index is 769. The van der Waals surface area contributed by atoms with E-state index in [1.54, 1.807) is 25.7 Å². The van der Waals surface area contributed by atoms with Gasteiger partial charge in [-0.3, -0.25) is 4.98 Å². The minimum absolute atomic E-state index is 0.327. The lowest BCUT2D eigenvalue weighted by Crippen LogP contribution is -1.96. The van der Waals surface area contributed by atoms with Crippen molar-refractivity contribution in [2.75, 3.05) is 7.11 Å². The maximum Gasteiger partial charge on any atom is 0.321 e. The number of hydrogen-bond donors (Lipinski definition) is 0. The topological polar surface area (TPSA) is 57.1 Å². The predicted octanol–water partition coefficient (Wildman–Crippen LogP) is 3.77. The van der Waals surface area contributed by atoms with E-state index in [-0.39, 0.29) is 0 Å². The number of aryl methyl sites for hydroxylation is 3. The zero-order chi connectivity index (χ0) is 16.8. The minimum Gasteiger partial charge on any atom is -0.497 e. The average Bonchev–Trinajstić information content (AvgIpc) is 2.63. The van der Waals surface area contributed by atoms with E-state index in [2.05, 4.69) is 27.1 Å². The number of benzene rings is 1. The molecule has 5 nitrogen and oxygen atoms in total. The number of aromatic nitrogens is 3. The molecule has 0 spiro atoms. The van der Waals surface area contributed by atoms with Crippen LogP contribution in [0.3, 0.4) is 0 Å². The highest BCUT2D eigenvalue weighted by molar-refractivity contribution is 5.28. The van der Waals surface area contributed by atoms with Crippen LogP contribution in [0.25, 0.3) is 0 Å². The zero-order valence-electron chi connectivity index (χ0n) is 13.8. The van der Waals surface area contributed by atoms with Gasteiger partial charge in [0, 0.05) is 18.1 Å². The minimum atomic E-state index is 0.327. The van der Waals surface area contributed by atoms with Crippen LogP contribution in [0.15, 0.2) is 55.0 Å². The van der Waals surface area contributed by atoms with Crippen molar-refractivity contribution in [1.82, 2.24) is 15.0 Å². The molecule has 0 aliphatic heterocycles. The van der Waals surface area contributed by atoms with Crippen molar-refractivity contribution >= 4 is 0 Å². The molecule has 0 atom stereocenters. The van der Waals surface area contributed by atoms with E-state index in [4.69, 9.17) is 9.47 Å². The summed E-state index contributed by atoms with van der Waals surface area (Å²) in [4.78, 5) is 12.7. The monoisotopic (exact) mass is 321 g/mol. The van der Waals surface area contributed by atoms with E-state index >= 15 is 0 Å². The molecule has 122 valence electrons. The Labute approximate surface area is 141 Å². The van der Waals surface area contributed by atoms with Gasteiger partial charge < -0.3 is 9.47 Å². The van der Waals surface area contributed by atoms with E-state index in [1.165, 1.54) is 5.56 Å². The van der Waals surface area contributed by atoms with E-state index in [9.17, 15) is 0 Å². The number of ether oxygens (including phenoxy) is 2. The van der Waals surface area contributed by atoms with E-state index in [1.807, 2.05) is 31.2 Å². The van der Waals surface area contributed by atoms with Crippen molar-refractivity contribution in [2.45, 2.75) is 19.8 Å². The molecule has 3 aromatic rings. The van der Waals surface area contributed by atoms with E-state index < -0.39 is 0 Å². The van der Waals surface area contributed by atoms with E-state index in [0.717, 1.165) is 29.8 Å². The molecular formula is C19H19N3O2. The van der Waals surface area contributed by atoms with Gasteiger partial charge >= 0.3 is 6.01 Å². The van der Waals surface area contributed by atoms with Crippen molar-refractivity contribution in [2.24, 2.45) is 0 Å². The van der Waals surface area contributed by atoms with Crippen LogP contribution < -0.4 is 9.47 Å². The average molecular weight is 321 g/mol. The van der Waals surface area contributed by atoms with Crippen molar-refractivity contribution in [3.8, 4) is 17.5 Å². The van der Waals surface area contributed by atoms with Crippen LogP contribution in [0.4, 0.5) is 0 Å². The second-order valence-electron chi connectivity index (χ2n) is 5.48. The second-order valence-corrected chi connectivity index (χ2v) is 5.48. The first kappa shape index (κ1) is 15.9. The fraction of sp³-hybridized carbons (Fsp3) is 0.211. The fourth-order valence-electron chi connectivity index (χ4n) is 2.22. The Morgan fingerprint density at radius 2 is 1.50 bits per heavy atom. The molecule has 0 saturated carbocycles. The molecule has 0 unspecified atom stereocenters. The molecule has 0 amide bonds. The summed E-state index contributed by atoms with van der Waals surface area (Å²) in [6, 6.07) is 12.3. The maximum atomic E-state index is 5.58. The first-order valence-corrected chi connectivity index (χ1v) is 7.77. The number of methoxy groups -OCH3 is 1. The first-order valence-electron chi connectivity index (χ1n) is 7.77. The lowest BCUT2D eigenvalue weighted by molar-refractivity contribution is 0.414. The van der Waals surface area contributed by atoms with Gasteiger partial charge in [0.25, 0.3) is 0 Å². The van der Waals surface area contributed by atoms with Crippen molar-refractivity contribution < 1.29 is 9.47 Å². The highest BCUT2D eigenvalue weighted by Gasteiger charge is 2.02. The molecular weight excluding hydrogens is 302 g/mol. The Kier molecular flexibility index (Phi) is 5.01. The quantitative estimate of drug-likeness (QED) is 0.692. The molecule has 0 aliphatic rings. The first-order chi connectivity index (χ1) is 11.7. The van der Waals surface area contributed by atoms with Gasteiger partial charge in [-0.15, -0.1) is 0 Å². The molecule has 3 rings (SSSR count). The Hall–Kier alpha value is -2.95. The Morgan fingerprint density at radius 1 is 0.792 bits per heavy atom. The summed E-state index contributed by atoms with van der Waals surface area (Å²) >= 11 is 0. The zero-order valence-corrected chi connectivity index (χ0v) is 13.8. The summed E-state index contributed by atoms with van der Waals surface area (Å²) in [5, 5.41) is 0. The standard InChI is InChI=1S/C19H19N3O2/c1-14-11-21-19(22-12-14)24-18-10-7-16(20-13-18)6-3-15-4-8-17(23-2)9-5-15/h4-5,7-13H,3,6H2,1-2H3. The highest BCUT2D eigenvalue weighted by atomic mass is 16.5. The van der Waals surface area contributed by atoms with Crippen molar-refractivity contribution in [3.05, 3.63) is 71.8 Å². The largest absolute Gasteiger partial charge is 0.497 e. The number of pyridine rings is 1. The third kappa shape index (κ3) is 4.29. The van der Waals surface area contributed by atoms with Gasteiger partial charge in [0.15, 0.2) is 0 Å². The van der Waals surface area contributed by atoms with Crippen LogP contribution in [0, 0.1) is 6.92 Å². The molecule has 2 heterocycles. The van der Waals surface area contributed by atoms with Crippen LogP contribution in [-0.2, 0) is 12.8 Å². The van der Waals surface area contributed by atoms with Crippen LogP contribution in [0.1, 0.15) is 16.8 Å². The van der Waals surface area contributed by atoms with E-state index in [0.29, 0.717) is 11.8 Å². The molecule has 5 heteroatoms. The molecule has 2 aromatic heterocycles. The van der Waals surface area contributed by atoms with Crippen LogP contribution >= 0.6 is 0 Å². The SMILES string of the molecule is COc1ccc(CCc2ccc(Oc3ncc(C)cn3)cn2)cc1. The Balaban J connectivity index is 1.56. The van der Waals surface area contributed by atoms with Gasteiger partial charge in [-0.25, -0.2) is 9.97 Å². The number of rotatable bonds is 6. The van der Waals surface area contributed by atoms with Gasteiger partial charge in [0.1, 0.15) is 11.5 Å². The maximum absolute atomic E-state index is 5.58. The smallest absolute Gasteiger partial charge is 0.321 e. The molecule has 0 bridgehead atoms. The lowest BCUT2D eigenvalue weighted by Gasteiger charge is -2.06. The number of hydrogen-bond acceptors (Lipinski definition) is 5. The van der Waals surface area contributed by atoms with Crippen LogP contribution in [0.5, 0.6) is 17.5 Å². The summed E-state index contributed by atoms with van der Waals surface area (Å²) in [5.41, 5.74) is 3.27. The predicted molar refractivity (Wildman–Crippen MR) is 91.5 cm³/mol. The molecule has 24 heavy (non-hydrogen) atoms. The summed E-state index contributed by atoms with van der Waals surface area (Å²) in [7, 11) is 1.67. The molecule has 0 saturated heterocycles.